The van der Waals surface area contributed by atoms with Crippen LogP contribution in [0.3, 0.4) is 0 Å². The van der Waals surface area contributed by atoms with Gasteiger partial charge in [-0.3, -0.25) is 24.2 Å². The Labute approximate surface area is 256 Å². The molecule has 1 aliphatic rings. The summed E-state index contributed by atoms with van der Waals surface area (Å²) in [5.41, 5.74) is 0.886. The van der Waals surface area contributed by atoms with Gasteiger partial charge in [0.25, 0.3) is 5.91 Å². The second-order valence-electron chi connectivity index (χ2n) is 11.5. The number of carbonyl (C=O) groups excluding carboxylic acids is 4. The van der Waals surface area contributed by atoms with Crippen LogP contribution in [0, 0.1) is 12.8 Å². The minimum atomic E-state index is -1.01. The number of hydrogen-bond acceptors (Lipinski definition) is 8. The highest BCUT2D eigenvalue weighted by Gasteiger charge is 2.50. The number of pyridine rings is 1. The number of benzene rings is 1. The molecule has 1 fully saturated rings. The van der Waals surface area contributed by atoms with Gasteiger partial charge < -0.3 is 20.7 Å². The molecule has 2 aromatic heterocycles. The van der Waals surface area contributed by atoms with Gasteiger partial charge in [-0.15, -0.1) is 11.3 Å². The molecular formula is C32H39N5O5S. The smallest absolute Gasteiger partial charge is 0.280 e. The first kappa shape index (κ1) is 32.0. The number of aromatic nitrogens is 2. The summed E-state index contributed by atoms with van der Waals surface area (Å²) in [6.45, 7) is 7.83. The van der Waals surface area contributed by atoms with Gasteiger partial charge in [0.05, 0.1) is 12.6 Å². The number of ketones is 1. The molecule has 11 heteroatoms. The van der Waals surface area contributed by atoms with Crippen LogP contribution in [0.1, 0.15) is 59.4 Å². The minimum Gasteiger partial charge on any atom is -0.361 e. The average Bonchev–Trinajstić information content (AvgIpc) is 3.59. The number of ether oxygens (including phenoxy) is 1. The third-order valence-electron chi connectivity index (χ3n) is 7.26. The number of epoxide rings is 1. The number of nitrogens with one attached hydrogen (secondary N) is 3. The molecule has 4 rings (SSSR count). The fourth-order valence-corrected chi connectivity index (χ4v) is 5.40. The molecule has 0 unspecified atom stereocenters. The van der Waals surface area contributed by atoms with Crippen molar-refractivity contribution < 1.29 is 23.9 Å². The van der Waals surface area contributed by atoms with Crippen LogP contribution < -0.4 is 16.0 Å². The first-order valence-corrected chi connectivity index (χ1v) is 15.3. The van der Waals surface area contributed by atoms with Crippen molar-refractivity contribution in [3.8, 4) is 0 Å². The average molecular weight is 606 g/mol. The first-order chi connectivity index (χ1) is 20.5. The standard InChI is InChI=1S/C32H39N5O5S/c1-20(2)16-25(27(38)32(4)19-42-32)36-29(40)26(17-23-12-14-33-15-13-23)37-28(39)24(11-10-22-8-6-5-7-9-22)35-30(41)31-34-18-21(3)43-31/h5-9,12-15,18,20,24-26H,10-11,16-17,19H2,1-4H3,(H,35,41)(H,36,40)(H,37,39)/t24-,25-,26-,32+/m0/s1. The van der Waals surface area contributed by atoms with E-state index in [0.29, 0.717) is 25.9 Å². The molecule has 10 nitrogen and oxygen atoms in total. The van der Waals surface area contributed by atoms with E-state index in [-0.39, 0.29) is 23.1 Å². The Balaban J connectivity index is 1.54. The zero-order valence-electron chi connectivity index (χ0n) is 25.0. The van der Waals surface area contributed by atoms with Gasteiger partial charge in [0.2, 0.25) is 11.8 Å². The topological polar surface area (TPSA) is 143 Å². The summed E-state index contributed by atoms with van der Waals surface area (Å²) in [7, 11) is 0. The summed E-state index contributed by atoms with van der Waals surface area (Å²) >= 11 is 1.24. The highest BCUT2D eigenvalue weighted by molar-refractivity contribution is 7.13. The van der Waals surface area contributed by atoms with Crippen LogP contribution in [0.25, 0.3) is 0 Å². The zero-order chi connectivity index (χ0) is 31.0. The maximum atomic E-state index is 13.8. The number of Topliss-reactive ketones (excluding diaryl/α,β-unsaturated/α-hetero) is 1. The molecule has 1 aromatic carbocycles. The molecule has 0 saturated carbocycles. The van der Waals surface area contributed by atoms with E-state index < -0.39 is 41.4 Å². The molecule has 0 spiro atoms. The van der Waals surface area contributed by atoms with Crippen LogP contribution in [0.2, 0.25) is 0 Å². The van der Waals surface area contributed by atoms with Gasteiger partial charge >= 0.3 is 0 Å². The van der Waals surface area contributed by atoms with Crippen LogP contribution in [0.5, 0.6) is 0 Å². The Kier molecular flexibility index (Phi) is 10.8. The number of hydrogen-bond donors (Lipinski definition) is 3. The van der Waals surface area contributed by atoms with Crippen molar-refractivity contribution in [1.82, 2.24) is 25.9 Å². The normalized spacial score (nSPS) is 17.9. The lowest BCUT2D eigenvalue weighted by Crippen LogP contribution is -2.57. The molecule has 3 heterocycles. The number of amides is 3. The fraction of sp³-hybridized carbons (Fsp3) is 0.438. The maximum absolute atomic E-state index is 13.8. The molecule has 0 aliphatic carbocycles. The van der Waals surface area contributed by atoms with Crippen molar-refractivity contribution in [3.05, 3.63) is 82.1 Å². The van der Waals surface area contributed by atoms with E-state index in [1.54, 1.807) is 37.6 Å². The molecule has 1 aliphatic heterocycles. The van der Waals surface area contributed by atoms with Gasteiger partial charge in [0.1, 0.15) is 17.7 Å². The van der Waals surface area contributed by atoms with Crippen LogP contribution in [-0.2, 0) is 32.0 Å². The molecule has 4 atom stereocenters. The molecule has 1 saturated heterocycles. The van der Waals surface area contributed by atoms with Crippen LogP contribution in [-0.4, -0.2) is 63.8 Å². The van der Waals surface area contributed by atoms with Crippen LogP contribution in [0.15, 0.2) is 61.1 Å². The molecular weight excluding hydrogens is 566 g/mol. The summed E-state index contributed by atoms with van der Waals surface area (Å²) in [5.74, 6) is -1.50. The summed E-state index contributed by atoms with van der Waals surface area (Å²) in [6.07, 6.45) is 6.27. The molecule has 0 bridgehead atoms. The molecule has 228 valence electrons. The lowest BCUT2D eigenvalue weighted by molar-refractivity contribution is -0.133. The van der Waals surface area contributed by atoms with E-state index in [2.05, 4.69) is 25.9 Å². The fourth-order valence-electron chi connectivity index (χ4n) is 4.73. The molecule has 3 aromatic rings. The highest BCUT2D eigenvalue weighted by Crippen LogP contribution is 2.29. The van der Waals surface area contributed by atoms with Crippen molar-refractivity contribution in [3.63, 3.8) is 0 Å². The third-order valence-corrected chi connectivity index (χ3v) is 8.17. The minimum absolute atomic E-state index is 0.136. The van der Waals surface area contributed by atoms with Gasteiger partial charge in [-0.1, -0.05) is 44.2 Å². The first-order valence-electron chi connectivity index (χ1n) is 14.5. The Morgan fingerprint density at radius 3 is 2.19 bits per heavy atom. The molecule has 43 heavy (non-hydrogen) atoms. The van der Waals surface area contributed by atoms with Crippen molar-refractivity contribution in [1.29, 1.82) is 0 Å². The summed E-state index contributed by atoms with van der Waals surface area (Å²) < 4.78 is 5.37. The second kappa shape index (κ2) is 14.5. The third kappa shape index (κ3) is 9.26. The lowest BCUT2D eigenvalue weighted by Gasteiger charge is -2.26. The quantitative estimate of drug-likeness (QED) is 0.226. The van der Waals surface area contributed by atoms with Gasteiger partial charge in [0, 0.05) is 29.9 Å². The van der Waals surface area contributed by atoms with E-state index in [1.807, 2.05) is 51.1 Å². The zero-order valence-corrected chi connectivity index (χ0v) is 25.8. The van der Waals surface area contributed by atoms with Crippen LogP contribution in [0.4, 0.5) is 0 Å². The predicted octanol–water partition coefficient (Wildman–Crippen LogP) is 3.19. The molecule has 0 radical (unpaired) electrons. The highest BCUT2D eigenvalue weighted by atomic mass is 32.1. The Bertz CT molecular complexity index is 1410. The second-order valence-corrected chi connectivity index (χ2v) is 12.8. The molecule has 3 N–H and O–H groups in total. The SMILES string of the molecule is Cc1cnc(C(=O)N[C@@H](CCc2ccccc2)C(=O)N[C@@H](Cc2ccncc2)C(=O)N[C@@H](CC(C)C)C(=O)[C@@]2(C)CO2)s1. The number of carbonyl (C=O) groups is 4. The maximum Gasteiger partial charge on any atom is 0.280 e. The Morgan fingerprint density at radius 1 is 0.930 bits per heavy atom. The Morgan fingerprint density at radius 2 is 1.58 bits per heavy atom. The van der Waals surface area contributed by atoms with E-state index in [9.17, 15) is 19.2 Å². The monoisotopic (exact) mass is 605 g/mol. The lowest BCUT2D eigenvalue weighted by atomic mass is 9.93. The van der Waals surface area contributed by atoms with E-state index >= 15 is 0 Å². The summed E-state index contributed by atoms with van der Waals surface area (Å²) in [5, 5.41) is 8.84. The van der Waals surface area contributed by atoms with Crippen molar-refractivity contribution in [2.24, 2.45) is 5.92 Å². The van der Waals surface area contributed by atoms with Gasteiger partial charge in [-0.2, -0.15) is 0 Å². The molecule has 3 amide bonds. The number of aryl methyl sites for hydroxylation is 2. The van der Waals surface area contributed by atoms with E-state index in [0.717, 1.165) is 16.0 Å². The van der Waals surface area contributed by atoms with E-state index in [1.165, 1.54) is 11.3 Å². The van der Waals surface area contributed by atoms with Gasteiger partial charge in [-0.25, -0.2) is 4.98 Å². The van der Waals surface area contributed by atoms with Crippen molar-refractivity contribution in [2.45, 2.75) is 77.1 Å². The Hall–Kier alpha value is -3.96. The van der Waals surface area contributed by atoms with Crippen molar-refractivity contribution in [2.75, 3.05) is 6.61 Å². The number of rotatable bonds is 15. The summed E-state index contributed by atoms with van der Waals surface area (Å²) in [4.78, 5) is 62.8. The number of nitrogens with zero attached hydrogens (tertiary/aromatic N) is 2. The number of thiazole rings is 1. The van der Waals surface area contributed by atoms with E-state index in [4.69, 9.17) is 4.74 Å². The van der Waals surface area contributed by atoms with Crippen molar-refractivity contribution >= 4 is 34.8 Å². The predicted molar refractivity (Wildman–Crippen MR) is 163 cm³/mol. The summed E-state index contributed by atoms with van der Waals surface area (Å²) in [6, 6.07) is 10.5. The largest absolute Gasteiger partial charge is 0.361 e. The van der Waals surface area contributed by atoms with Gasteiger partial charge in [0.15, 0.2) is 10.8 Å². The van der Waals surface area contributed by atoms with Crippen LogP contribution >= 0.6 is 11.3 Å². The van der Waals surface area contributed by atoms with Gasteiger partial charge in [-0.05, 0) is 62.3 Å².